The van der Waals surface area contributed by atoms with Gasteiger partial charge in [-0.2, -0.15) is 5.26 Å². The average molecular weight is 307 g/mol. The summed E-state index contributed by atoms with van der Waals surface area (Å²) in [4.78, 5) is 11.0. The highest BCUT2D eigenvalue weighted by Gasteiger charge is 2.12. The molecular formula is C19H17NO3. The second-order valence-corrected chi connectivity index (χ2v) is 4.99. The number of nitriles is 1. The smallest absolute Gasteiger partial charge is 0.304 e. The molecule has 0 N–H and O–H groups in total. The van der Waals surface area contributed by atoms with E-state index >= 15 is 0 Å². The molecule has 0 fully saturated rings. The van der Waals surface area contributed by atoms with Gasteiger partial charge in [0.2, 0.25) is 6.10 Å². The molecule has 0 heterocycles. The number of esters is 1. The van der Waals surface area contributed by atoms with E-state index in [1.165, 1.54) is 6.92 Å². The Hall–Kier alpha value is -3.06. The maximum atomic E-state index is 11.0. The Morgan fingerprint density at radius 2 is 1.78 bits per heavy atom. The van der Waals surface area contributed by atoms with Crippen LogP contribution in [0.5, 0.6) is 11.5 Å². The van der Waals surface area contributed by atoms with Crippen LogP contribution < -0.4 is 4.74 Å². The third-order valence-corrected chi connectivity index (χ3v) is 3.05. The van der Waals surface area contributed by atoms with Crippen molar-refractivity contribution >= 4 is 12.0 Å². The van der Waals surface area contributed by atoms with Crippen molar-refractivity contribution in [2.45, 2.75) is 20.0 Å². The summed E-state index contributed by atoms with van der Waals surface area (Å²) in [6.07, 6.45) is 0.917. The van der Waals surface area contributed by atoms with E-state index in [0.29, 0.717) is 11.3 Å². The lowest BCUT2D eigenvalue weighted by Gasteiger charge is -2.10. The molecule has 116 valence electrons. The highest BCUT2D eigenvalue weighted by atomic mass is 16.5. The van der Waals surface area contributed by atoms with Gasteiger partial charge in [-0.15, -0.1) is 0 Å². The Balaban J connectivity index is 2.17. The molecule has 2 rings (SSSR count). The van der Waals surface area contributed by atoms with Gasteiger partial charge in [0.25, 0.3) is 0 Å². The van der Waals surface area contributed by atoms with E-state index in [4.69, 9.17) is 14.7 Å². The van der Waals surface area contributed by atoms with E-state index in [2.05, 4.69) is 0 Å². The zero-order valence-corrected chi connectivity index (χ0v) is 13.0. The maximum absolute atomic E-state index is 11.0. The number of nitrogens with zero attached hydrogens (tertiary/aromatic N) is 1. The minimum Gasteiger partial charge on any atom is -0.457 e. The third-order valence-electron chi connectivity index (χ3n) is 3.05. The first-order valence-electron chi connectivity index (χ1n) is 7.16. The summed E-state index contributed by atoms with van der Waals surface area (Å²) in [5.41, 5.74) is 1.52. The number of benzene rings is 2. The zero-order chi connectivity index (χ0) is 16.7. The van der Waals surface area contributed by atoms with Gasteiger partial charge < -0.3 is 9.47 Å². The quantitative estimate of drug-likeness (QED) is 0.771. The second-order valence-electron chi connectivity index (χ2n) is 4.99. The van der Waals surface area contributed by atoms with Gasteiger partial charge in [0.1, 0.15) is 17.6 Å². The molecule has 23 heavy (non-hydrogen) atoms. The molecule has 0 aliphatic heterocycles. The lowest BCUT2D eigenvalue weighted by molar-refractivity contribution is -0.142. The molecule has 0 amide bonds. The Labute approximate surface area is 135 Å². The molecule has 0 aliphatic carbocycles. The summed E-state index contributed by atoms with van der Waals surface area (Å²) in [5.74, 6) is 0.962. The van der Waals surface area contributed by atoms with Crippen LogP contribution in [0.2, 0.25) is 0 Å². The van der Waals surface area contributed by atoms with E-state index < -0.39 is 12.1 Å². The van der Waals surface area contributed by atoms with Gasteiger partial charge in [0.05, 0.1) is 0 Å². The fourth-order valence-corrected chi connectivity index (χ4v) is 2.02. The zero-order valence-electron chi connectivity index (χ0n) is 13.0. The molecule has 1 atom stereocenters. The highest BCUT2D eigenvalue weighted by molar-refractivity contribution is 5.67. The van der Waals surface area contributed by atoms with Gasteiger partial charge in [-0.05, 0) is 42.3 Å². The van der Waals surface area contributed by atoms with Crippen LogP contribution in [0.1, 0.15) is 19.4 Å². The predicted molar refractivity (Wildman–Crippen MR) is 87.8 cm³/mol. The molecule has 0 saturated heterocycles. The Morgan fingerprint density at radius 1 is 1.09 bits per heavy atom. The van der Waals surface area contributed by atoms with Gasteiger partial charge in [-0.3, -0.25) is 4.79 Å². The van der Waals surface area contributed by atoms with Crippen LogP contribution in [0.3, 0.4) is 0 Å². The molecule has 2 aromatic rings. The summed E-state index contributed by atoms with van der Waals surface area (Å²) >= 11 is 0. The summed E-state index contributed by atoms with van der Waals surface area (Å²) in [6, 6.07) is 18.9. The number of rotatable bonds is 5. The van der Waals surface area contributed by atoms with Crippen molar-refractivity contribution in [3.05, 3.63) is 65.7 Å². The number of carbonyl (C=O) groups is 1. The molecule has 0 saturated carbocycles. The maximum Gasteiger partial charge on any atom is 0.304 e. The van der Waals surface area contributed by atoms with Crippen molar-refractivity contribution < 1.29 is 14.3 Å². The predicted octanol–water partition coefficient (Wildman–Crippen LogP) is 4.34. The molecule has 0 spiro atoms. The SMILES string of the molecule is CC(=O)O[C@H](C#N)/C(C)=C/c1cccc(Oc2ccccc2)c1. The van der Waals surface area contributed by atoms with Gasteiger partial charge in [0, 0.05) is 6.92 Å². The largest absolute Gasteiger partial charge is 0.457 e. The summed E-state index contributed by atoms with van der Waals surface area (Å²) in [5, 5.41) is 9.08. The fraction of sp³-hybridized carbons (Fsp3) is 0.158. The van der Waals surface area contributed by atoms with Crippen LogP contribution in [0.15, 0.2) is 60.2 Å². The molecule has 0 radical (unpaired) electrons. The average Bonchev–Trinajstić information content (AvgIpc) is 2.53. The van der Waals surface area contributed by atoms with Crippen molar-refractivity contribution in [3.63, 3.8) is 0 Å². The molecule has 0 bridgehead atoms. The molecular weight excluding hydrogens is 290 g/mol. The number of carbonyl (C=O) groups excluding carboxylic acids is 1. The van der Waals surface area contributed by atoms with E-state index in [1.54, 1.807) is 13.0 Å². The van der Waals surface area contributed by atoms with Crippen LogP contribution in [0.25, 0.3) is 6.08 Å². The molecule has 0 aliphatic rings. The monoisotopic (exact) mass is 307 g/mol. The minimum absolute atomic E-state index is 0.481. The van der Waals surface area contributed by atoms with Crippen molar-refractivity contribution in [2.75, 3.05) is 0 Å². The first kappa shape index (κ1) is 16.3. The third kappa shape index (κ3) is 5.01. The molecule has 4 nitrogen and oxygen atoms in total. The Morgan fingerprint density at radius 3 is 2.43 bits per heavy atom. The van der Waals surface area contributed by atoms with Gasteiger partial charge in [-0.1, -0.05) is 36.4 Å². The van der Waals surface area contributed by atoms with E-state index in [0.717, 1.165) is 11.3 Å². The fourth-order valence-electron chi connectivity index (χ4n) is 2.02. The van der Waals surface area contributed by atoms with Crippen molar-refractivity contribution in [1.29, 1.82) is 5.26 Å². The number of hydrogen-bond acceptors (Lipinski definition) is 4. The standard InChI is InChI=1S/C19H17NO3/c1-14(19(13-20)22-15(2)21)11-16-7-6-10-18(12-16)23-17-8-4-3-5-9-17/h3-12,19H,1-2H3/b14-11+/t19-/m1/s1. The lowest BCUT2D eigenvalue weighted by Crippen LogP contribution is -2.15. The van der Waals surface area contributed by atoms with E-state index in [1.807, 2.05) is 60.7 Å². The molecule has 0 unspecified atom stereocenters. The van der Waals surface area contributed by atoms with E-state index in [9.17, 15) is 4.79 Å². The normalized spacial score (nSPS) is 12.1. The Kier molecular flexibility index (Phi) is 5.54. The number of para-hydroxylation sites is 1. The minimum atomic E-state index is -0.883. The summed E-state index contributed by atoms with van der Waals surface area (Å²) in [6.45, 7) is 3.04. The van der Waals surface area contributed by atoms with Crippen LogP contribution >= 0.6 is 0 Å². The topological polar surface area (TPSA) is 59.3 Å². The number of ether oxygens (including phenoxy) is 2. The van der Waals surface area contributed by atoms with Gasteiger partial charge in [-0.25, -0.2) is 0 Å². The second kappa shape index (κ2) is 7.81. The van der Waals surface area contributed by atoms with Crippen LogP contribution in [-0.2, 0) is 9.53 Å². The highest BCUT2D eigenvalue weighted by Crippen LogP contribution is 2.23. The lowest BCUT2D eigenvalue weighted by atomic mass is 10.1. The molecule has 0 aromatic heterocycles. The van der Waals surface area contributed by atoms with Crippen LogP contribution in [0, 0.1) is 11.3 Å². The Bertz CT molecular complexity index is 745. The van der Waals surface area contributed by atoms with Crippen molar-refractivity contribution in [2.24, 2.45) is 0 Å². The summed E-state index contributed by atoms with van der Waals surface area (Å²) < 4.78 is 10.7. The molecule has 2 aromatic carbocycles. The van der Waals surface area contributed by atoms with Gasteiger partial charge >= 0.3 is 5.97 Å². The summed E-state index contributed by atoms with van der Waals surface area (Å²) in [7, 11) is 0. The van der Waals surface area contributed by atoms with Crippen LogP contribution in [0.4, 0.5) is 0 Å². The molecule has 4 heteroatoms. The first-order valence-corrected chi connectivity index (χ1v) is 7.16. The van der Waals surface area contributed by atoms with Crippen molar-refractivity contribution in [3.8, 4) is 17.6 Å². The van der Waals surface area contributed by atoms with Crippen molar-refractivity contribution in [1.82, 2.24) is 0 Å². The number of hydrogen-bond donors (Lipinski definition) is 0. The van der Waals surface area contributed by atoms with Crippen LogP contribution in [-0.4, -0.2) is 12.1 Å². The van der Waals surface area contributed by atoms with E-state index in [-0.39, 0.29) is 0 Å². The van der Waals surface area contributed by atoms with Gasteiger partial charge in [0.15, 0.2) is 0 Å². The first-order chi connectivity index (χ1) is 11.1.